The Bertz CT molecular complexity index is 2200. The molecule has 2 aromatic carbocycles. The number of carbonyl (C=O) groups is 1. The summed E-state index contributed by atoms with van der Waals surface area (Å²) in [4.78, 5) is 13.8. The molecule has 10 N–H and O–H groups in total. The van der Waals surface area contributed by atoms with Crippen LogP contribution in [0.5, 0.6) is 17.2 Å². The average molecular weight is 927 g/mol. The SMILES string of the molecule is COc1cc2c(O[C@@H]3OC[C@](O)(CO[C@@H]4OC[C@@H](O)[C@H](O)[C@H]4O)[C@H]3O[C@@H]3OC[C@@H](O)[C@H](O[C@@H]4OC[C@](O)(CO)[C@H]4O)[C@H]3O)c3c(c(C4=C(O)C=C5OCOC5C4)c2cc1OC)C(=O)OC3. The minimum Gasteiger partial charge on any atom is -0.508 e. The van der Waals surface area contributed by atoms with Gasteiger partial charge in [0, 0.05) is 34.6 Å². The first-order valence-corrected chi connectivity index (χ1v) is 20.6. The first kappa shape index (κ1) is 46.1. The molecule has 0 bridgehead atoms. The van der Waals surface area contributed by atoms with Crippen LogP contribution in [-0.4, -0.2) is 209 Å². The number of hydrogen-bond acceptors (Lipinski definition) is 24. The molecule has 1 unspecified atom stereocenters. The highest BCUT2D eigenvalue weighted by Gasteiger charge is 2.57. The molecule has 24 heteroatoms. The molecule has 2 aromatic rings. The zero-order valence-electron chi connectivity index (χ0n) is 34.8. The molecule has 1 aliphatic carbocycles. The predicted molar refractivity (Wildman–Crippen MR) is 208 cm³/mol. The number of rotatable bonds is 13. The van der Waals surface area contributed by atoms with Crippen LogP contribution in [-0.2, 0) is 54.0 Å². The number of hydrogen-bond donors (Lipinski definition) is 10. The first-order chi connectivity index (χ1) is 31.1. The van der Waals surface area contributed by atoms with Gasteiger partial charge in [0.25, 0.3) is 0 Å². The number of esters is 1. The minimum absolute atomic E-state index is 0.0136. The molecule has 0 saturated carbocycles. The summed E-state index contributed by atoms with van der Waals surface area (Å²) < 4.78 is 74.9. The van der Waals surface area contributed by atoms with Crippen molar-refractivity contribution in [1.82, 2.24) is 0 Å². The van der Waals surface area contributed by atoms with Gasteiger partial charge >= 0.3 is 5.97 Å². The van der Waals surface area contributed by atoms with Crippen LogP contribution >= 0.6 is 0 Å². The van der Waals surface area contributed by atoms with E-state index in [9.17, 15) is 55.9 Å². The summed E-state index contributed by atoms with van der Waals surface area (Å²) in [6, 6.07) is 3.13. The summed E-state index contributed by atoms with van der Waals surface area (Å²) in [5, 5.41) is 108. The number of allylic oxidation sites excluding steroid dienone is 1. The standard InChI is InChI=1S/C41H50O24/c1-53-22-3-15-16(4-23(22)54-2)31(18-7-55-35(50)27(18)26(15)17-5-24-25(6-19(17)43)62-14-61-24)63-39-34(41(52,13-60-39)12-58-36-29(47)28(46)20(44)8-56-36)65-37-30(48)32(21(45)9-57-37)64-38-33(49)40(51,10-42)11-59-38/h3-4,6,20-21,24,28-30,32-34,36-39,42-49,51-52H,5,7-14H2,1-2H3/t20-,21-,24?,28+,29-,30-,32+,33+,34+,36+,37+,38+,39+,40-,41-/m1/s1. The second kappa shape index (κ2) is 17.9. The van der Waals surface area contributed by atoms with E-state index in [2.05, 4.69) is 0 Å². The average Bonchev–Trinajstić information content (AvgIpc) is 4.07. The number of benzene rings is 2. The molecular weight excluding hydrogens is 876 g/mol. The molecule has 5 saturated heterocycles. The Morgan fingerprint density at radius 2 is 1.45 bits per heavy atom. The molecular formula is C41H50O24. The van der Waals surface area contributed by atoms with Gasteiger partial charge in [0.1, 0.15) is 83.9 Å². The summed E-state index contributed by atoms with van der Waals surface area (Å²) >= 11 is 0. The lowest BCUT2D eigenvalue weighted by Gasteiger charge is -2.42. The van der Waals surface area contributed by atoms with Gasteiger partial charge in [-0.2, -0.15) is 0 Å². The number of methoxy groups -OCH3 is 2. The summed E-state index contributed by atoms with van der Waals surface area (Å²) in [5.41, 5.74) is -3.60. The molecule has 9 rings (SSSR count). The number of ether oxygens (including phenoxy) is 13. The first-order valence-electron chi connectivity index (χ1n) is 20.6. The largest absolute Gasteiger partial charge is 0.508 e. The maximum Gasteiger partial charge on any atom is 0.339 e. The zero-order valence-corrected chi connectivity index (χ0v) is 34.8. The highest BCUT2D eigenvalue weighted by molar-refractivity contribution is 6.11. The van der Waals surface area contributed by atoms with Crippen molar-refractivity contribution >= 4 is 22.3 Å². The van der Waals surface area contributed by atoms with Crippen molar-refractivity contribution in [2.24, 2.45) is 0 Å². The molecule has 0 spiro atoms. The Balaban J connectivity index is 1.09. The van der Waals surface area contributed by atoms with E-state index in [1.54, 1.807) is 12.1 Å². The molecule has 24 nitrogen and oxygen atoms in total. The van der Waals surface area contributed by atoms with Gasteiger partial charge in [-0.25, -0.2) is 4.79 Å². The van der Waals surface area contributed by atoms with Crippen LogP contribution in [0.25, 0.3) is 16.3 Å². The fourth-order valence-electron chi connectivity index (χ4n) is 8.85. The van der Waals surface area contributed by atoms with Gasteiger partial charge < -0.3 is 113 Å². The Labute approximate surface area is 368 Å². The number of carbonyl (C=O) groups excluding carboxylic acids is 1. The molecule has 0 amide bonds. The lowest BCUT2D eigenvalue weighted by molar-refractivity contribution is -0.332. The highest BCUT2D eigenvalue weighted by atomic mass is 16.8. The van der Waals surface area contributed by atoms with Crippen LogP contribution in [0.3, 0.4) is 0 Å². The topological polar surface area (TPSA) is 339 Å². The van der Waals surface area contributed by atoms with Crippen molar-refractivity contribution in [2.45, 2.75) is 104 Å². The van der Waals surface area contributed by atoms with Crippen LogP contribution < -0.4 is 14.2 Å². The van der Waals surface area contributed by atoms with E-state index in [4.69, 9.17) is 61.6 Å². The molecule has 7 aliphatic rings. The maximum absolute atomic E-state index is 13.8. The third-order valence-corrected chi connectivity index (χ3v) is 12.5. The molecule has 358 valence electrons. The second-order valence-electron chi connectivity index (χ2n) is 16.7. The highest BCUT2D eigenvalue weighted by Crippen LogP contribution is 2.50. The second-order valence-corrected chi connectivity index (χ2v) is 16.7. The normalized spacial score (nSPS) is 39.2. The fourth-order valence-corrected chi connectivity index (χ4v) is 8.85. The van der Waals surface area contributed by atoms with E-state index >= 15 is 0 Å². The molecule has 65 heavy (non-hydrogen) atoms. The maximum atomic E-state index is 13.8. The Morgan fingerprint density at radius 1 is 0.754 bits per heavy atom. The number of fused-ring (bicyclic) bond motifs is 3. The Kier molecular flexibility index (Phi) is 12.7. The van der Waals surface area contributed by atoms with Crippen LogP contribution in [0.2, 0.25) is 0 Å². The van der Waals surface area contributed by atoms with Crippen LogP contribution in [0.1, 0.15) is 27.9 Å². The quantitative estimate of drug-likeness (QED) is 0.0878. The third kappa shape index (κ3) is 8.08. The number of aliphatic hydroxyl groups excluding tert-OH is 8. The zero-order chi connectivity index (χ0) is 46.1. The van der Waals surface area contributed by atoms with E-state index in [0.717, 1.165) is 0 Å². The van der Waals surface area contributed by atoms with Crippen molar-refractivity contribution < 1.29 is 117 Å². The predicted octanol–water partition coefficient (Wildman–Crippen LogP) is -3.33. The Morgan fingerprint density at radius 3 is 2.17 bits per heavy atom. The number of aliphatic hydroxyl groups is 10. The smallest absolute Gasteiger partial charge is 0.339 e. The van der Waals surface area contributed by atoms with Crippen LogP contribution in [0.4, 0.5) is 0 Å². The monoisotopic (exact) mass is 926 g/mol. The lowest BCUT2D eigenvalue weighted by Crippen LogP contribution is -2.61. The molecule has 6 heterocycles. The van der Waals surface area contributed by atoms with Crippen molar-refractivity contribution in [2.75, 3.05) is 60.7 Å². The molecule has 15 atom stereocenters. The van der Waals surface area contributed by atoms with Crippen molar-refractivity contribution in [3.8, 4) is 17.2 Å². The summed E-state index contributed by atoms with van der Waals surface area (Å²) in [5.74, 6) is -0.133. The van der Waals surface area contributed by atoms with E-state index in [1.807, 2.05) is 0 Å². The third-order valence-electron chi connectivity index (χ3n) is 12.5. The van der Waals surface area contributed by atoms with Gasteiger partial charge in [0.05, 0.1) is 59.4 Å². The summed E-state index contributed by atoms with van der Waals surface area (Å²) in [6.45, 7) is -4.19. The van der Waals surface area contributed by atoms with Gasteiger partial charge in [0.15, 0.2) is 43.3 Å². The molecule has 0 radical (unpaired) electrons. The summed E-state index contributed by atoms with van der Waals surface area (Å²) in [6.07, 6.45) is -19.2. The van der Waals surface area contributed by atoms with E-state index < -0.39 is 137 Å². The lowest BCUT2D eigenvalue weighted by atomic mass is 9.84. The number of cyclic esters (lactones) is 1. The van der Waals surface area contributed by atoms with Crippen molar-refractivity contribution in [3.05, 3.63) is 46.4 Å². The van der Waals surface area contributed by atoms with Crippen LogP contribution in [0.15, 0.2) is 29.7 Å². The van der Waals surface area contributed by atoms with E-state index in [1.165, 1.54) is 20.3 Å². The van der Waals surface area contributed by atoms with Crippen molar-refractivity contribution in [1.29, 1.82) is 0 Å². The molecule has 0 aromatic heterocycles. The van der Waals surface area contributed by atoms with Crippen molar-refractivity contribution in [3.63, 3.8) is 0 Å². The van der Waals surface area contributed by atoms with E-state index in [-0.39, 0.29) is 64.9 Å². The Hall–Kier alpha value is -4.03. The molecule has 5 fully saturated rings. The fraction of sp³-hybridized carbons (Fsp3) is 0.634. The minimum atomic E-state index is -2.29. The van der Waals surface area contributed by atoms with Gasteiger partial charge in [-0.15, -0.1) is 0 Å². The van der Waals surface area contributed by atoms with Gasteiger partial charge in [-0.05, 0) is 17.5 Å². The molecule has 6 aliphatic heterocycles. The summed E-state index contributed by atoms with van der Waals surface area (Å²) in [7, 11) is 2.81. The van der Waals surface area contributed by atoms with Gasteiger partial charge in [0.2, 0.25) is 6.29 Å². The van der Waals surface area contributed by atoms with E-state index in [0.29, 0.717) is 16.7 Å². The van der Waals surface area contributed by atoms with Gasteiger partial charge in [-0.3, -0.25) is 0 Å². The van der Waals surface area contributed by atoms with Crippen LogP contribution in [0, 0.1) is 0 Å². The van der Waals surface area contributed by atoms with Gasteiger partial charge in [-0.1, -0.05) is 0 Å².